The van der Waals surface area contributed by atoms with Gasteiger partial charge in [0.25, 0.3) is 23.6 Å². The summed E-state index contributed by atoms with van der Waals surface area (Å²) in [5.41, 5.74) is 29.7. The van der Waals surface area contributed by atoms with Gasteiger partial charge in [0.05, 0.1) is 16.6 Å². The van der Waals surface area contributed by atoms with Crippen molar-refractivity contribution in [1.29, 1.82) is 0 Å². The highest BCUT2D eigenvalue weighted by Gasteiger charge is 2.48. The minimum absolute atomic E-state index is 0.132. The number of aliphatic hydroxyl groups excluding tert-OH is 1. The van der Waals surface area contributed by atoms with Crippen LogP contribution >= 0.6 is 0 Å². The van der Waals surface area contributed by atoms with Gasteiger partial charge in [0.2, 0.25) is 11.5 Å². The Hall–Kier alpha value is -7.24. The molecule has 0 aromatic heterocycles. The molecule has 68 heavy (non-hydrogen) atoms. The third-order valence-electron chi connectivity index (χ3n) is 12.7. The Morgan fingerprint density at radius 1 is 0.603 bits per heavy atom. The lowest BCUT2D eigenvalue weighted by atomic mass is 9.77. The summed E-state index contributed by atoms with van der Waals surface area (Å²) in [4.78, 5) is 68.2. The molecule has 0 spiro atoms. The molecule has 1 aliphatic carbocycles. The normalized spacial score (nSPS) is 16.7. The summed E-state index contributed by atoms with van der Waals surface area (Å²) in [6.45, 7) is 11.3. The summed E-state index contributed by atoms with van der Waals surface area (Å²) in [6.07, 6.45) is 3.46. The molecule has 16 nitrogen and oxygen atoms in total. The van der Waals surface area contributed by atoms with Crippen LogP contribution in [0.5, 0.6) is 0 Å². The van der Waals surface area contributed by atoms with Crippen molar-refractivity contribution in [3.05, 3.63) is 164 Å². The number of hydrogen-bond acceptors (Lipinski definition) is 11. The molecule has 4 aromatic rings. The molecular formula is C52H61N10O6+. The lowest BCUT2D eigenvalue weighted by Gasteiger charge is -2.29. The maximum Gasteiger partial charge on any atom is 0.251 e. The largest absolute Gasteiger partial charge is 0.506 e. The van der Waals surface area contributed by atoms with E-state index in [9.17, 15) is 29.1 Å². The number of fused-ring (bicyclic) bond motifs is 2. The van der Waals surface area contributed by atoms with Crippen molar-refractivity contribution in [2.24, 2.45) is 22.9 Å². The van der Waals surface area contributed by atoms with Crippen molar-refractivity contribution in [1.82, 2.24) is 21.3 Å². The first-order valence-electron chi connectivity index (χ1n) is 22.8. The van der Waals surface area contributed by atoms with E-state index in [1.807, 2.05) is 76.2 Å². The standard InChI is InChI=1S/C52H60N10O6/c1-51(2)39-25-35(49(67)59-23-19-55)13-15-41(39)61(29-31-5-9-33(10-6-31)47(65)57-21-17-53)43(51)27-37-45(63)38(46(37)64)28-44-52(3,4)40-26-36(50(68)60-24-20-56)14-16-42(40)62(44)30-32-7-11-34(12-8-32)48(66)58-22-18-54/h5-16,25-28H,17-24,29-30,53-56H2,1-4H3,(H4-,57,58,59,60,63,64,65,66,67,68)/p+1. The average Bonchev–Trinajstić information content (AvgIpc) is 3.68. The number of hydrogen-bond donors (Lipinski definition) is 9. The third-order valence-corrected chi connectivity index (χ3v) is 12.7. The Kier molecular flexibility index (Phi) is 14.6. The minimum atomic E-state index is -0.746. The molecule has 3 aliphatic rings. The van der Waals surface area contributed by atoms with Crippen LogP contribution in [0, 0.1) is 0 Å². The van der Waals surface area contributed by atoms with Gasteiger partial charge in [-0.15, -0.1) is 0 Å². The number of allylic oxidation sites excluding steroid dienone is 5. The lowest BCUT2D eigenvalue weighted by molar-refractivity contribution is -0.455. The van der Waals surface area contributed by atoms with Crippen LogP contribution in [0.15, 0.2) is 120 Å². The summed E-state index contributed by atoms with van der Waals surface area (Å²) in [5, 5.41) is 23.2. The quantitative estimate of drug-likeness (QED) is 0.0517. The van der Waals surface area contributed by atoms with Crippen LogP contribution < -0.4 is 49.1 Å². The van der Waals surface area contributed by atoms with E-state index in [2.05, 4.69) is 30.7 Å². The summed E-state index contributed by atoms with van der Waals surface area (Å²) in [7, 11) is 0. The number of rotatable bonds is 18. The minimum Gasteiger partial charge on any atom is -0.506 e. The van der Waals surface area contributed by atoms with Gasteiger partial charge in [0.15, 0.2) is 12.3 Å². The maximum absolute atomic E-state index is 14.5. The number of anilines is 1. The molecule has 4 amide bonds. The molecule has 0 fully saturated rings. The van der Waals surface area contributed by atoms with E-state index in [1.165, 1.54) is 0 Å². The molecule has 16 heteroatoms. The van der Waals surface area contributed by atoms with Crippen LogP contribution in [-0.2, 0) is 28.7 Å². The van der Waals surface area contributed by atoms with Crippen LogP contribution in [0.2, 0.25) is 0 Å². The monoisotopic (exact) mass is 921 g/mol. The molecule has 2 aliphatic heterocycles. The zero-order valence-corrected chi connectivity index (χ0v) is 39.0. The van der Waals surface area contributed by atoms with Crippen LogP contribution in [0.4, 0.5) is 11.4 Å². The SMILES string of the molecule is CC1(C)C(/C=C2/C(=O)C(/C=C3\N(Cc4ccc(C(=O)NCCN)cc4)c4ccc(C(=O)NCCN)cc4C3(C)C)=C2O)=[N+](Cc2ccc(C(=O)NCCN)cc2)c2ccc(C(=O)NCCN)cc21. The second kappa shape index (κ2) is 20.3. The van der Waals surface area contributed by atoms with E-state index < -0.39 is 10.8 Å². The van der Waals surface area contributed by atoms with Crippen LogP contribution in [0.25, 0.3) is 0 Å². The van der Waals surface area contributed by atoms with Gasteiger partial charge in [-0.2, -0.15) is 4.58 Å². The van der Waals surface area contributed by atoms with Crippen LogP contribution in [-0.4, -0.2) is 97.2 Å². The Bertz CT molecular complexity index is 2790. The number of benzene rings is 4. The van der Waals surface area contributed by atoms with Gasteiger partial charge in [-0.05, 0) is 85.6 Å². The molecule has 4 aromatic carbocycles. The fraction of sp³-hybridized carbons (Fsp3) is 0.308. The second-order valence-corrected chi connectivity index (χ2v) is 18.0. The number of nitrogens with two attached hydrogens (primary N) is 4. The van der Waals surface area contributed by atoms with Crippen LogP contribution in [0.3, 0.4) is 0 Å². The van der Waals surface area contributed by atoms with E-state index in [4.69, 9.17) is 22.9 Å². The van der Waals surface area contributed by atoms with Gasteiger partial charge in [-0.1, -0.05) is 38.1 Å². The van der Waals surface area contributed by atoms with Gasteiger partial charge in [-0.3, -0.25) is 24.0 Å². The molecule has 0 radical (unpaired) electrons. The first-order chi connectivity index (χ1) is 32.5. The predicted octanol–water partition coefficient (Wildman–Crippen LogP) is 3.22. The van der Waals surface area contributed by atoms with E-state index in [-0.39, 0.29) is 46.3 Å². The second-order valence-electron chi connectivity index (χ2n) is 18.0. The van der Waals surface area contributed by atoms with Gasteiger partial charge < -0.3 is 54.2 Å². The molecular weight excluding hydrogens is 861 g/mol. The number of nitrogens with one attached hydrogen (secondary N) is 4. The number of Topliss-reactive ketones (excluding diaryl/α,β-unsaturated/α-hetero) is 1. The molecule has 0 saturated carbocycles. The van der Waals surface area contributed by atoms with Gasteiger partial charge in [0, 0.05) is 121 Å². The number of aliphatic hydroxyl groups is 1. The van der Waals surface area contributed by atoms with E-state index >= 15 is 0 Å². The summed E-state index contributed by atoms with van der Waals surface area (Å²) < 4.78 is 2.07. The third kappa shape index (κ3) is 9.62. The van der Waals surface area contributed by atoms with Gasteiger partial charge >= 0.3 is 0 Å². The first-order valence-corrected chi connectivity index (χ1v) is 22.8. The first kappa shape index (κ1) is 48.7. The van der Waals surface area contributed by atoms with Crippen molar-refractivity contribution in [2.45, 2.75) is 51.6 Å². The molecule has 0 saturated heterocycles. The molecule has 0 bridgehead atoms. The highest BCUT2D eigenvalue weighted by atomic mass is 16.3. The number of nitrogens with zero attached hydrogens (tertiary/aromatic N) is 2. The molecule has 2 heterocycles. The summed E-state index contributed by atoms with van der Waals surface area (Å²) >= 11 is 0. The van der Waals surface area contributed by atoms with Crippen molar-refractivity contribution < 1.29 is 33.7 Å². The van der Waals surface area contributed by atoms with Crippen molar-refractivity contribution in [3.8, 4) is 0 Å². The fourth-order valence-electron chi connectivity index (χ4n) is 8.92. The number of ketones is 1. The van der Waals surface area contributed by atoms with Gasteiger partial charge in [0.1, 0.15) is 5.76 Å². The van der Waals surface area contributed by atoms with Crippen LogP contribution in [0.1, 0.15) is 91.4 Å². The van der Waals surface area contributed by atoms with Gasteiger partial charge in [-0.25, -0.2) is 0 Å². The summed E-state index contributed by atoms with van der Waals surface area (Å²) in [6, 6.07) is 25.4. The Morgan fingerprint density at radius 2 is 1.06 bits per heavy atom. The Morgan fingerprint density at radius 3 is 1.56 bits per heavy atom. The number of amides is 4. The highest BCUT2D eigenvalue weighted by molar-refractivity contribution is 6.24. The predicted molar refractivity (Wildman–Crippen MR) is 263 cm³/mol. The molecule has 0 unspecified atom stereocenters. The van der Waals surface area contributed by atoms with Crippen molar-refractivity contribution in [2.75, 3.05) is 57.3 Å². The molecule has 0 atom stereocenters. The van der Waals surface area contributed by atoms with E-state index in [0.717, 1.165) is 33.6 Å². The topological polar surface area (TPSA) is 264 Å². The fourth-order valence-corrected chi connectivity index (χ4v) is 8.92. The molecule has 354 valence electrons. The highest BCUT2D eigenvalue weighted by Crippen LogP contribution is 2.50. The average molecular weight is 922 g/mol. The molecule has 13 N–H and O–H groups in total. The number of carbonyl (C=O) groups excluding carboxylic acids is 5. The van der Waals surface area contributed by atoms with E-state index in [1.54, 1.807) is 48.6 Å². The Balaban J connectivity index is 1.29. The maximum atomic E-state index is 14.5. The summed E-state index contributed by atoms with van der Waals surface area (Å²) in [5.74, 6) is -1.51. The molecule has 7 rings (SSSR count). The lowest BCUT2D eigenvalue weighted by Crippen LogP contribution is -2.32. The smallest absolute Gasteiger partial charge is 0.251 e. The zero-order chi connectivity index (χ0) is 48.9. The number of carbonyl (C=O) groups is 5. The van der Waals surface area contributed by atoms with Crippen molar-refractivity contribution >= 4 is 46.5 Å². The Labute approximate surface area is 396 Å². The zero-order valence-electron chi connectivity index (χ0n) is 39.0. The van der Waals surface area contributed by atoms with E-state index in [0.29, 0.717) is 99.1 Å². The van der Waals surface area contributed by atoms with Crippen molar-refractivity contribution in [3.63, 3.8) is 0 Å².